The van der Waals surface area contributed by atoms with Crippen LogP contribution in [0, 0.1) is 13.8 Å². The molecule has 1 aliphatic rings. The van der Waals surface area contributed by atoms with Gasteiger partial charge in [-0.25, -0.2) is 0 Å². The third kappa shape index (κ3) is 2.66. The summed E-state index contributed by atoms with van der Waals surface area (Å²) in [7, 11) is 1.99. The van der Waals surface area contributed by atoms with Crippen LogP contribution in [0.4, 0.5) is 0 Å². The molecule has 3 heteroatoms. The number of fused-ring (bicyclic) bond motifs is 1. The van der Waals surface area contributed by atoms with Crippen LogP contribution in [0.3, 0.4) is 0 Å². The number of halogens is 1. The molecule has 1 N–H and O–H groups in total. The number of rotatable bonds is 2. The molecule has 3 rings (SSSR count). The molecule has 2 nitrogen and oxygen atoms in total. The van der Waals surface area contributed by atoms with E-state index in [0.29, 0.717) is 0 Å². The van der Waals surface area contributed by atoms with Crippen LogP contribution in [0.5, 0.6) is 5.75 Å². The predicted octanol–water partition coefficient (Wildman–Crippen LogP) is 4.74. The zero-order valence-corrected chi connectivity index (χ0v) is 13.4. The van der Waals surface area contributed by atoms with Crippen molar-refractivity contribution in [1.29, 1.82) is 0 Å². The first-order valence-electron chi connectivity index (χ1n) is 7.29. The Hall–Kier alpha value is -1.51. The molecule has 2 aromatic carbocycles. The van der Waals surface area contributed by atoms with E-state index in [-0.39, 0.29) is 12.1 Å². The fourth-order valence-electron chi connectivity index (χ4n) is 3.03. The average molecular weight is 302 g/mol. The van der Waals surface area contributed by atoms with Gasteiger partial charge in [0.15, 0.2) is 0 Å². The van der Waals surface area contributed by atoms with Gasteiger partial charge < -0.3 is 10.1 Å². The van der Waals surface area contributed by atoms with Crippen LogP contribution in [-0.2, 0) is 0 Å². The molecular formula is C18H20ClNO. The van der Waals surface area contributed by atoms with Crippen LogP contribution in [0.1, 0.15) is 40.8 Å². The molecule has 110 valence electrons. The molecule has 2 unspecified atom stereocenters. The third-order valence-corrected chi connectivity index (χ3v) is 4.64. The van der Waals surface area contributed by atoms with Crippen LogP contribution in [0.25, 0.3) is 0 Å². The van der Waals surface area contributed by atoms with E-state index in [9.17, 15) is 0 Å². The second-order valence-corrected chi connectivity index (χ2v) is 6.09. The number of aryl methyl sites for hydroxylation is 1. The van der Waals surface area contributed by atoms with E-state index in [1.165, 1.54) is 16.7 Å². The molecule has 0 spiro atoms. The van der Waals surface area contributed by atoms with Crippen molar-refractivity contribution in [3.05, 3.63) is 63.7 Å². The van der Waals surface area contributed by atoms with Crippen molar-refractivity contribution >= 4 is 11.6 Å². The zero-order chi connectivity index (χ0) is 15.0. The Balaban J connectivity index is 2.01. The van der Waals surface area contributed by atoms with Crippen LogP contribution < -0.4 is 10.1 Å². The number of nitrogens with one attached hydrogen (secondary N) is 1. The molecule has 1 aliphatic heterocycles. The molecule has 0 bridgehead atoms. The number of hydrogen-bond acceptors (Lipinski definition) is 2. The molecule has 0 aromatic heterocycles. The van der Waals surface area contributed by atoms with E-state index in [4.69, 9.17) is 16.3 Å². The van der Waals surface area contributed by atoms with E-state index in [0.717, 1.165) is 22.8 Å². The van der Waals surface area contributed by atoms with Gasteiger partial charge in [-0.2, -0.15) is 0 Å². The Bertz CT molecular complexity index is 668. The van der Waals surface area contributed by atoms with Crippen LogP contribution in [-0.4, -0.2) is 7.05 Å². The van der Waals surface area contributed by atoms with Crippen molar-refractivity contribution in [2.75, 3.05) is 7.05 Å². The Labute approximate surface area is 131 Å². The minimum atomic E-state index is 0.0797. The Morgan fingerprint density at radius 1 is 1.14 bits per heavy atom. The normalized spacial score (nSPS) is 20.8. The lowest BCUT2D eigenvalue weighted by Gasteiger charge is -2.33. The molecular weight excluding hydrogens is 282 g/mol. The highest BCUT2D eigenvalue weighted by atomic mass is 35.5. The maximum absolute atomic E-state index is 6.24. The second kappa shape index (κ2) is 5.70. The zero-order valence-electron chi connectivity index (χ0n) is 12.6. The summed E-state index contributed by atoms with van der Waals surface area (Å²) in [5, 5.41) is 4.14. The maximum atomic E-state index is 6.24. The number of ether oxygens (including phenoxy) is 1. The molecule has 0 amide bonds. The molecule has 2 aromatic rings. The Morgan fingerprint density at radius 3 is 2.71 bits per heavy atom. The summed E-state index contributed by atoms with van der Waals surface area (Å²) in [5.74, 6) is 0.927. The summed E-state index contributed by atoms with van der Waals surface area (Å²) < 4.78 is 6.24. The van der Waals surface area contributed by atoms with Crippen molar-refractivity contribution in [3.63, 3.8) is 0 Å². The highest BCUT2D eigenvalue weighted by Crippen LogP contribution is 2.42. The molecule has 0 radical (unpaired) electrons. The minimum Gasteiger partial charge on any atom is -0.485 e. The lowest BCUT2D eigenvalue weighted by atomic mass is 9.90. The lowest BCUT2D eigenvalue weighted by molar-refractivity contribution is 0.153. The standard InChI is InChI=1S/C18H20ClNO/c1-11-5-4-6-14(12(11)2)18-10-16(20-3)15-9-13(19)7-8-17(15)21-18/h4-9,16,18,20H,10H2,1-3H3. The first-order chi connectivity index (χ1) is 10.1. The van der Waals surface area contributed by atoms with E-state index in [2.05, 4.69) is 37.4 Å². The lowest BCUT2D eigenvalue weighted by Crippen LogP contribution is -2.27. The summed E-state index contributed by atoms with van der Waals surface area (Å²) in [4.78, 5) is 0. The first-order valence-corrected chi connectivity index (χ1v) is 7.67. The molecule has 0 saturated carbocycles. The van der Waals surface area contributed by atoms with Crippen molar-refractivity contribution in [2.24, 2.45) is 0 Å². The van der Waals surface area contributed by atoms with Crippen molar-refractivity contribution in [2.45, 2.75) is 32.4 Å². The smallest absolute Gasteiger partial charge is 0.126 e. The van der Waals surface area contributed by atoms with Gasteiger partial charge in [0.25, 0.3) is 0 Å². The number of benzene rings is 2. The highest BCUT2D eigenvalue weighted by molar-refractivity contribution is 6.30. The average Bonchev–Trinajstić information content (AvgIpc) is 2.49. The van der Waals surface area contributed by atoms with E-state index < -0.39 is 0 Å². The van der Waals surface area contributed by atoms with E-state index >= 15 is 0 Å². The van der Waals surface area contributed by atoms with Gasteiger partial charge in [-0.05, 0) is 55.8 Å². The topological polar surface area (TPSA) is 21.3 Å². The van der Waals surface area contributed by atoms with Gasteiger partial charge in [0, 0.05) is 23.0 Å². The summed E-state index contributed by atoms with van der Waals surface area (Å²) in [5.41, 5.74) is 5.04. The van der Waals surface area contributed by atoms with Gasteiger partial charge >= 0.3 is 0 Å². The van der Waals surface area contributed by atoms with Crippen LogP contribution in [0.15, 0.2) is 36.4 Å². The van der Waals surface area contributed by atoms with E-state index in [1.807, 2.05) is 25.2 Å². The van der Waals surface area contributed by atoms with Gasteiger partial charge in [0.2, 0.25) is 0 Å². The van der Waals surface area contributed by atoms with Gasteiger partial charge in [-0.15, -0.1) is 0 Å². The summed E-state index contributed by atoms with van der Waals surface area (Å²) in [6.07, 6.45) is 0.991. The van der Waals surface area contributed by atoms with Gasteiger partial charge in [-0.1, -0.05) is 29.8 Å². The Kier molecular flexibility index (Phi) is 3.92. The van der Waals surface area contributed by atoms with Crippen LogP contribution in [0.2, 0.25) is 5.02 Å². The largest absolute Gasteiger partial charge is 0.485 e. The SMILES string of the molecule is CNC1CC(c2cccc(C)c2C)Oc2ccc(Cl)cc21. The molecule has 0 saturated heterocycles. The van der Waals surface area contributed by atoms with Gasteiger partial charge in [0.1, 0.15) is 11.9 Å². The van der Waals surface area contributed by atoms with Gasteiger partial charge in [-0.3, -0.25) is 0 Å². The van der Waals surface area contributed by atoms with E-state index in [1.54, 1.807) is 0 Å². The minimum absolute atomic E-state index is 0.0797. The monoisotopic (exact) mass is 301 g/mol. The summed E-state index contributed by atoms with van der Waals surface area (Å²) in [6, 6.07) is 12.5. The van der Waals surface area contributed by atoms with Crippen molar-refractivity contribution in [1.82, 2.24) is 5.32 Å². The molecule has 2 atom stereocenters. The first kappa shape index (κ1) is 14.4. The summed E-state index contributed by atoms with van der Waals surface area (Å²) in [6.45, 7) is 4.31. The predicted molar refractivity (Wildman–Crippen MR) is 87.2 cm³/mol. The quantitative estimate of drug-likeness (QED) is 0.865. The van der Waals surface area contributed by atoms with Crippen LogP contribution >= 0.6 is 11.6 Å². The molecule has 1 heterocycles. The Morgan fingerprint density at radius 2 is 1.95 bits per heavy atom. The molecule has 21 heavy (non-hydrogen) atoms. The fourth-order valence-corrected chi connectivity index (χ4v) is 3.21. The maximum Gasteiger partial charge on any atom is 0.126 e. The fraction of sp³-hybridized carbons (Fsp3) is 0.333. The third-order valence-electron chi connectivity index (χ3n) is 4.41. The second-order valence-electron chi connectivity index (χ2n) is 5.65. The molecule has 0 fully saturated rings. The highest BCUT2D eigenvalue weighted by Gasteiger charge is 2.29. The molecule has 0 aliphatic carbocycles. The van der Waals surface area contributed by atoms with Crippen molar-refractivity contribution in [3.8, 4) is 5.75 Å². The summed E-state index contributed by atoms with van der Waals surface area (Å²) >= 11 is 6.11. The number of hydrogen-bond donors (Lipinski definition) is 1. The van der Waals surface area contributed by atoms with Crippen molar-refractivity contribution < 1.29 is 4.74 Å². The van der Waals surface area contributed by atoms with Gasteiger partial charge in [0.05, 0.1) is 0 Å².